The number of hydrogen-bond donors (Lipinski definition) is 1. The zero-order valence-electron chi connectivity index (χ0n) is 14.3. The molecule has 1 N–H and O–H groups in total. The van der Waals surface area contributed by atoms with Crippen molar-refractivity contribution in [2.75, 3.05) is 0 Å². The number of alkyl halides is 3. The number of amides is 1. The SMILES string of the molecule is O=C(CCCc1nc2ccccc2s1)NCc1ccc(OC(F)(F)F)cc1. The molecule has 3 aromatic rings. The molecule has 0 atom stereocenters. The minimum atomic E-state index is -4.71. The van der Waals surface area contributed by atoms with Crippen LogP contribution in [0.5, 0.6) is 5.75 Å². The first-order chi connectivity index (χ1) is 12.9. The molecule has 1 aromatic heterocycles. The molecule has 0 saturated carbocycles. The number of thiazole rings is 1. The highest BCUT2D eigenvalue weighted by Crippen LogP contribution is 2.23. The fraction of sp³-hybridized carbons (Fsp3) is 0.263. The standard InChI is InChI=1S/C19H17F3N2O2S/c20-19(21,22)26-14-10-8-13(9-11-14)12-23-17(25)6-3-7-18-24-15-4-1-2-5-16(15)27-18/h1-2,4-5,8-11H,3,6-7,12H2,(H,23,25). The fourth-order valence-electron chi connectivity index (χ4n) is 2.53. The number of nitrogens with one attached hydrogen (secondary N) is 1. The maximum atomic E-state index is 12.1. The van der Waals surface area contributed by atoms with E-state index in [1.54, 1.807) is 11.3 Å². The summed E-state index contributed by atoms with van der Waals surface area (Å²) < 4.78 is 41.3. The number of benzene rings is 2. The summed E-state index contributed by atoms with van der Waals surface area (Å²) in [5.41, 5.74) is 1.67. The van der Waals surface area contributed by atoms with Crippen LogP contribution in [0.25, 0.3) is 10.2 Å². The molecule has 0 aliphatic carbocycles. The monoisotopic (exact) mass is 394 g/mol. The molecule has 0 radical (unpaired) electrons. The number of carbonyl (C=O) groups is 1. The van der Waals surface area contributed by atoms with Gasteiger partial charge in [-0.05, 0) is 42.7 Å². The lowest BCUT2D eigenvalue weighted by Gasteiger charge is -2.09. The van der Waals surface area contributed by atoms with E-state index in [9.17, 15) is 18.0 Å². The van der Waals surface area contributed by atoms with Crippen LogP contribution in [0.3, 0.4) is 0 Å². The number of para-hydroxylation sites is 1. The number of halogens is 3. The van der Waals surface area contributed by atoms with Gasteiger partial charge < -0.3 is 10.1 Å². The molecule has 8 heteroatoms. The van der Waals surface area contributed by atoms with E-state index in [2.05, 4.69) is 15.0 Å². The van der Waals surface area contributed by atoms with Gasteiger partial charge in [-0.1, -0.05) is 24.3 Å². The highest BCUT2D eigenvalue weighted by molar-refractivity contribution is 7.18. The van der Waals surface area contributed by atoms with E-state index in [4.69, 9.17) is 0 Å². The minimum Gasteiger partial charge on any atom is -0.406 e. The summed E-state index contributed by atoms with van der Waals surface area (Å²) in [5.74, 6) is -0.389. The van der Waals surface area contributed by atoms with E-state index >= 15 is 0 Å². The molecule has 1 heterocycles. The van der Waals surface area contributed by atoms with E-state index in [0.29, 0.717) is 18.4 Å². The summed E-state index contributed by atoms with van der Waals surface area (Å²) >= 11 is 1.63. The van der Waals surface area contributed by atoms with Crippen LogP contribution in [-0.2, 0) is 17.8 Å². The highest BCUT2D eigenvalue weighted by atomic mass is 32.1. The van der Waals surface area contributed by atoms with E-state index in [1.165, 1.54) is 24.3 Å². The smallest absolute Gasteiger partial charge is 0.406 e. The third-order valence-corrected chi connectivity index (χ3v) is 4.88. The van der Waals surface area contributed by atoms with Gasteiger partial charge in [0.1, 0.15) is 5.75 Å². The van der Waals surface area contributed by atoms with Gasteiger partial charge in [0.15, 0.2) is 0 Å². The molecule has 0 bridgehead atoms. The van der Waals surface area contributed by atoms with Crippen LogP contribution in [0.1, 0.15) is 23.4 Å². The Morgan fingerprint density at radius 3 is 2.56 bits per heavy atom. The van der Waals surface area contributed by atoms with Crippen molar-refractivity contribution in [2.24, 2.45) is 0 Å². The van der Waals surface area contributed by atoms with Gasteiger partial charge in [-0.3, -0.25) is 4.79 Å². The van der Waals surface area contributed by atoms with Crippen molar-refractivity contribution in [1.29, 1.82) is 0 Å². The van der Waals surface area contributed by atoms with Crippen LogP contribution in [-0.4, -0.2) is 17.3 Å². The molecule has 0 aliphatic rings. The summed E-state index contributed by atoms with van der Waals surface area (Å²) in [6.07, 6.45) is -2.93. The Balaban J connectivity index is 1.40. The molecule has 0 saturated heterocycles. The lowest BCUT2D eigenvalue weighted by atomic mass is 10.2. The van der Waals surface area contributed by atoms with Gasteiger partial charge in [0.05, 0.1) is 15.2 Å². The molecule has 2 aromatic carbocycles. The normalized spacial score (nSPS) is 11.5. The molecule has 0 spiro atoms. The van der Waals surface area contributed by atoms with Crippen LogP contribution in [0.4, 0.5) is 13.2 Å². The number of nitrogens with zero attached hydrogens (tertiary/aromatic N) is 1. The summed E-state index contributed by atoms with van der Waals surface area (Å²) in [7, 11) is 0. The Labute approximate surface area is 158 Å². The van der Waals surface area contributed by atoms with Crippen LogP contribution < -0.4 is 10.1 Å². The third-order valence-electron chi connectivity index (χ3n) is 3.78. The summed E-state index contributed by atoms with van der Waals surface area (Å²) in [6, 6.07) is 13.3. The molecule has 1 amide bonds. The van der Waals surface area contributed by atoms with Gasteiger partial charge >= 0.3 is 6.36 Å². The number of rotatable bonds is 7. The first-order valence-electron chi connectivity index (χ1n) is 8.35. The summed E-state index contributed by atoms with van der Waals surface area (Å²) in [4.78, 5) is 16.5. The number of aryl methyl sites for hydroxylation is 1. The predicted molar refractivity (Wildman–Crippen MR) is 97.5 cm³/mol. The maximum Gasteiger partial charge on any atom is 0.573 e. The average molecular weight is 394 g/mol. The van der Waals surface area contributed by atoms with E-state index in [-0.39, 0.29) is 18.2 Å². The summed E-state index contributed by atoms with van der Waals surface area (Å²) in [5, 5.41) is 3.76. The van der Waals surface area contributed by atoms with E-state index in [1.807, 2.05) is 24.3 Å². The van der Waals surface area contributed by atoms with Gasteiger partial charge in [-0.2, -0.15) is 0 Å². The maximum absolute atomic E-state index is 12.1. The van der Waals surface area contributed by atoms with Crippen LogP contribution in [0.2, 0.25) is 0 Å². The first kappa shape index (κ1) is 19.2. The molecular weight excluding hydrogens is 377 g/mol. The van der Waals surface area contributed by atoms with Crippen LogP contribution in [0, 0.1) is 0 Å². The van der Waals surface area contributed by atoms with Gasteiger partial charge in [-0.15, -0.1) is 24.5 Å². The molecule has 0 aliphatic heterocycles. The second-order valence-corrected chi connectivity index (χ2v) is 7.01. The second-order valence-electron chi connectivity index (χ2n) is 5.90. The van der Waals surface area contributed by atoms with Crippen molar-refractivity contribution in [1.82, 2.24) is 10.3 Å². The molecule has 0 fully saturated rings. The van der Waals surface area contributed by atoms with Crippen molar-refractivity contribution in [3.63, 3.8) is 0 Å². The van der Waals surface area contributed by atoms with Gasteiger partial charge in [0.2, 0.25) is 5.91 Å². The Hall–Kier alpha value is -2.61. The van der Waals surface area contributed by atoms with Gasteiger partial charge in [0.25, 0.3) is 0 Å². The first-order valence-corrected chi connectivity index (χ1v) is 9.16. The lowest BCUT2D eigenvalue weighted by Crippen LogP contribution is -2.22. The largest absolute Gasteiger partial charge is 0.573 e. The minimum absolute atomic E-state index is 0.105. The molecule has 3 rings (SSSR count). The summed E-state index contributed by atoms with van der Waals surface area (Å²) in [6.45, 7) is 0.256. The zero-order chi connectivity index (χ0) is 19.3. The van der Waals surface area contributed by atoms with Crippen molar-refractivity contribution in [3.05, 3.63) is 59.1 Å². The van der Waals surface area contributed by atoms with Crippen molar-refractivity contribution < 1.29 is 22.7 Å². The van der Waals surface area contributed by atoms with Crippen LogP contribution >= 0.6 is 11.3 Å². The van der Waals surface area contributed by atoms with Crippen molar-refractivity contribution in [2.45, 2.75) is 32.2 Å². The van der Waals surface area contributed by atoms with E-state index < -0.39 is 6.36 Å². The second kappa shape index (κ2) is 8.39. The zero-order valence-corrected chi connectivity index (χ0v) is 15.1. The van der Waals surface area contributed by atoms with E-state index in [0.717, 1.165) is 21.6 Å². The van der Waals surface area contributed by atoms with Crippen molar-refractivity contribution in [3.8, 4) is 5.75 Å². The molecule has 27 heavy (non-hydrogen) atoms. The molecule has 0 unspecified atom stereocenters. The average Bonchev–Trinajstić information content (AvgIpc) is 3.02. The lowest BCUT2D eigenvalue weighted by molar-refractivity contribution is -0.274. The number of hydrogen-bond acceptors (Lipinski definition) is 4. The fourth-order valence-corrected chi connectivity index (χ4v) is 3.53. The number of carbonyl (C=O) groups excluding carboxylic acids is 1. The Morgan fingerprint density at radius 2 is 1.85 bits per heavy atom. The molecule has 4 nitrogen and oxygen atoms in total. The Bertz CT molecular complexity index is 874. The van der Waals surface area contributed by atoms with Gasteiger partial charge in [0, 0.05) is 13.0 Å². The number of fused-ring (bicyclic) bond motifs is 1. The Morgan fingerprint density at radius 1 is 1.11 bits per heavy atom. The Kier molecular flexibility index (Phi) is 5.95. The molecular formula is C19H17F3N2O2S. The number of ether oxygens (including phenoxy) is 1. The number of aromatic nitrogens is 1. The third kappa shape index (κ3) is 5.96. The van der Waals surface area contributed by atoms with Gasteiger partial charge in [-0.25, -0.2) is 4.98 Å². The quantitative estimate of drug-likeness (QED) is 0.624. The predicted octanol–water partition coefficient (Wildman–Crippen LogP) is 4.83. The topological polar surface area (TPSA) is 51.2 Å². The van der Waals surface area contributed by atoms with Crippen LogP contribution in [0.15, 0.2) is 48.5 Å². The van der Waals surface area contributed by atoms with Crippen molar-refractivity contribution >= 4 is 27.5 Å². The highest BCUT2D eigenvalue weighted by Gasteiger charge is 2.30. The molecule has 142 valence electrons.